The highest BCUT2D eigenvalue weighted by molar-refractivity contribution is 7.99. The van der Waals surface area contributed by atoms with E-state index in [9.17, 15) is 4.79 Å². The maximum absolute atomic E-state index is 12.1. The van der Waals surface area contributed by atoms with Gasteiger partial charge in [0.2, 0.25) is 5.91 Å². The minimum atomic E-state index is 0.0995. The summed E-state index contributed by atoms with van der Waals surface area (Å²) in [7, 11) is 0. The minimum Gasteiger partial charge on any atom is -0.325 e. The molecule has 1 aromatic rings. The summed E-state index contributed by atoms with van der Waals surface area (Å²) < 4.78 is 0. The first-order valence-electron chi connectivity index (χ1n) is 6.15. The molecular weight excluding hydrogens is 244 g/mol. The Morgan fingerprint density at radius 3 is 3.11 bits per heavy atom. The van der Waals surface area contributed by atoms with Gasteiger partial charge in [-0.25, -0.2) is 0 Å². The number of hydrogen-bond acceptors (Lipinski definition) is 3. The monoisotopic (exact) mass is 262 g/mol. The van der Waals surface area contributed by atoms with Crippen molar-refractivity contribution >= 4 is 23.4 Å². The number of para-hydroxylation sites is 1. The van der Waals surface area contributed by atoms with Gasteiger partial charge in [0.15, 0.2) is 0 Å². The molecule has 1 atom stereocenters. The molecule has 1 fully saturated rings. The minimum absolute atomic E-state index is 0.0995. The van der Waals surface area contributed by atoms with Crippen LogP contribution >= 0.6 is 11.8 Å². The van der Waals surface area contributed by atoms with E-state index in [1.807, 2.05) is 30.3 Å². The molecule has 1 unspecified atom stereocenters. The molecule has 0 spiro atoms. The summed E-state index contributed by atoms with van der Waals surface area (Å²) >= 11 is 1.68. The molecule has 3 nitrogen and oxygen atoms in total. The van der Waals surface area contributed by atoms with Crippen molar-refractivity contribution in [2.75, 3.05) is 24.2 Å². The van der Waals surface area contributed by atoms with E-state index >= 15 is 0 Å². The quantitative estimate of drug-likeness (QED) is 0.633. The van der Waals surface area contributed by atoms with Crippen molar-refractivity contribution in [1.29, 1.82) is 0 Å². The highest BCUT2D eigenvalue weighted by Gasteiger charge is 2.22. The molecule has 1 aliphatic rings. The third-order valence-corrected chi connectivity index (χ3v) is 4.00. The van der Waals surface area contributed by atoms with Crippen LogP contribution in [0.5, 0.6) is 0 Å². The van der Waals surface area contributed by atoms with Crippen molar-refractivity contribution in [1.82, 2.24) is 5.32 Å². The van der Waals surface area contributed by atoms with Gasteiger partial charge in [0.1, 0.15) is 0 Å². The number of amides is 1. The van der Waals surface area contributed by atoms with Gasteiger partial charge in [0, 0.05) is 17.2 Å². The lowest BCUT2D eigenvalue weighted by Gasteiger charge is -2.13. The van der Waals surface area contributed by atoms with E-state index in [2.05, 4.69) is 17.2 Å². The normalized spacial score (nSPS) is 18.6. The summed E-state index contributed by atoms with van der Waals surface area (Å²) in [6, 6.07) is 7.90. The molecule has 18 heavy (non-hydrogen) atoms. The molecule has 2 rings (SSSR count). The average Bonchev–Trinajstić information content (AvgIpc) is 2.91. The highest BCUT2D eigenvalue weighted by Crippen LogP contribution is 2.27. The molecule has 0 saturated carbocycles. The van der Waals surface area contributed by atoms with E-state index in [0.29, 0.717) is 0 Å². The van der Waals surface area contributed by atoms with Gasteiger partial charge in [0.05, 0.1) is 11.6 Å². The molecule has 1 aliphatic heterocycles. The molecule has 96 valence electrons. The van der Waals surface area contributed by atoms with Crippen molar-refractivity contribution in [3.63, 3.8) is 0 Å². The average molecular weight is 262 g/mol. The zero-order valence-electron chi connectivity index (χ0n) is 10.3. The van der Waals surface area contributed by atoms with Gasteiger partial charge in [-0.15, -0.1) is 18.3 Å². The SMILES string of the molecule is C=CCSc1ccccc1NC(=O)C1CCNC1. The third kappa shape index (κ3) is 3.37. The Balaban J connectivity index is 2.03. The van der Waals surface area contributed by atoms with Crippen LogP contribution in [0.15, 0.2) is 41.8 Å². The molecule has 4 heteroatoms. The molecule has 1 amide bonds. The second-order valence-electron chi connectivity index (χ2n) is 4.27. The molecule has 0 radical (unpaired) electrons. The second kappa shape index (κ2) is 6.61. The fourth-order valence-corrected chi connectivity index (χ4v) is 2.70. The molecule has 0 bridgehead atoms. The Kier molecular flexibility index (Phi) is 4.84. The molecule has 2 N–H and O–H groups in total. The molecule has 1 aromatic carbocycles. The van der Waals surface area contributed by atoms with Crippen molar-refractivity contribution in [3.8, 4) is 0 Å². The zero-order chi connectivity index (χ0) is 12.8. The third-order valence-electron chi connectivity index (χ3n) is 2.93. The highest BCUT2D eigenvalue weighted by atomic mass is 32.2. The Hall–Kier alpha value is -1.26. The molecular formula is C14H18N2OS. The summed E-state index contributed by atoms with van der Waals surface area (Å²) in [5, 5.41) is 6.24. The van der Waals surface area contributed by atoms with Gasteiger partial charge in [-0.2, -0.15) is 0 Å². The molecule has 1 saturated heterocycles. The maximum Gasteiger partial charge on any atom is 0.228 e. The Labute approximate surface area is 112 Å². The van der Waals surface area contributed by atoms with E-state index in [1.165, 1.54) is 0 Å². The first-order valence-corrected chi connectivity index (χ1v) is 7.14. The zero-order valence-corrected chi connectivity index (χ0v) is 11.1. The van der Waals surface area contributed by atoms with Gasteiger partial charge >= 0.3 is 0 Å². The topological polar surface area (TPSA) is 41.1 Å². The number of carbonyl (C=O) groups is 1. The van der Waals surface area contributed by atoms with E-state index in [0.717, 1.165) is 35.8 Å². The van der Waals surface area contributed by atoms with Crippen molar-refractivity contribution in [2.45, 2.75) is 11.3 Å². The van der Waals surface area contributed by atoms with Crippen LogP contribution in [-0.2, 0) is 4.79 Å². The fourth-order valence-electron chi connectivity index (χ4n) is 1.96. The van der Waals surface area contributed by atoms with E-state index in [-0.39, 0.29) is 11.8 Å². The molecule has 0 aliphatic carbocycles. The van der Waals surface area contributed by atoms with Crippen LogP contribution in [0.3, 0.4) is 0 Å². The second-order valence-corrected chi connectivity index (χ2v) is 5.34. The Bertz CT molecular complexity index is 428. The fraction of sp³-hybridized carbons (Fsp3) is 0.357. The van der Waals surface area contributed by atoms with Crippen LogP contribution in [0.2, 0.25) is 0 Å². The summed E-state index contributed by atoms with van der Waals surface area (Å²) in [5.74, 6) is 1.06. The van der Waals surface area contributed by atoms with Gasteiger partial charge in [-0.1, -0.05) is 18.2 Å². The number of hydrogen-bond donors (Lipinski definition) is 2. The molecule has 0 aromatic heterocycles. The van der Waals surface area contributed by atoms with Gasteiger partial charge in [0.25, 0.3) is 0 Å². The van der Waals surface area contributed by atoms with E-state index in [1.54, 1.807) is 11.8 Å². The van der Waals surface area contributed by atoms with Crippen LogP contribution in [0.4, 0.5) is 5.69 Å². The first-order chi connectivity index (χ1) is 8.81. The van der Waals surface area contributed by atoms with Gasteiger partial charge < -0.3 is 10.6 Å². The van der Waals surface area contributed by atoms with Crippen LogP contribution < -0.4 is 10.6 Å². The summed E-state index contributed by atoms with van der Waals surface area (Å²) in [4.78, 5) is 13.2. The predicted molar refractivity (Wildman–Crippen MR) is 77.0 cm³/mol. The number of nitrogens with one attached hydrogen (secondary N) is 2. The van der Waals surface area contributed by atoms with Gasteiger partial charge in [-0.3, -0.25) is 4.79 Å². The van der Waals surface area contributed by atoms with Crippen LogP contribution in [-0.4, -0.2) is 24.7 Å². The maximum atomic E-state index is 12.1. The number of thioether (sulfide) groups is 1. The van der Waals surface area contributed by atoms with Crippen molar-refractivity contribution < 1.29 is 4.79 Å². The summed E-state index contributed by atoms with van der Waals surface area (Å²) in [5.41, 5.74) is 0.904. The predicted octanol–water partition coefficient (Wildman–Crippen LogP) is 2.51. The van der Waals surface area contributed by atoms with Crippen LogP contribution in [0, 0.1) is 5.92 Å². The van der Waals surface area contributed by atoms with Crippen LogP contribution in [0.1, 0.15) is 6.42 Å². The Morgan fingerprint density at radius 1 is 1.56 bits per heavy atom. The lowest BCUT2D eigenvalue weighted by Crippen LogP contribution is -2.24. The number of anilines is 1. The first kappa shape index (κ1) is 13.2. The smallest absolute Gasteiger partial charge is 0.228 e. The number of carbonyl (C=O) groups excluding carboxylic acids is 1. The van der Waals surface area contributed by atoms with E-state index in [4.69, 9.17) is 0 Å². The van der Waals surface area contributed by atoms with Gasteiger partial charge in [-0.05, 0) is 25.1 Å². The summed E-state index contributed by atoms with van der Waals surface area (Å²) in [6.07, 6.45) is 2.79. The standard InChI is InChI=1S/C14H18N2OS/c1-2-9-18-13-6-4-3-5-12(13)16-14(17)11-7-8-15-10-11/h2-6,11,15H,1,7-10H2,(H,16,17). The Morgan fingerprint density at radius 2 is 2.39 bits per heavy atom. The molecule has 1 heterocycles. The van der Waals surface area contributed by atoms with Crippen LogP contribution in [0.25, 0.3) is 0 Å². The number of benzene rings is 1. The lowest BCUT2D eigenvalue weighted by atomic mass is 10.1. The van der Waals surface area contributed by atoms with Crippen molar-refractivity contribution in [2.24, 2.45) is 5.92 Å². The largest absolute Gasteiger partial charge is 0.325 e. The lowest BCUT2D eigenvalue weighted by molar-refractivity contribution is -0.119. The van der Waals surface area contributed by atoms with Crippen molar-refractivity contribution in [3.05, 3.63) is 36.9 Å². The van der Waals surface area contributed by atoms with E-state index < -0.39 is 0 Å². The number of rotatable bonds is 5. The summed E-state index contributed by atoms with van der Waals surface area (Å²) in [6.45, 7) is 5.43.